The maximum atomic E-state index is 9.28. The summed E-state index contributed by atoms with van der Waals surface area (Å²) >= 11 is 3.22. The SMILES string of the molecule is Oc1ccc(O)c(C=CCBr)c1. The van der Waals surface area contributed by atoms with Crippen molar-refractivity contribution in [1.29, 1.82) is 0 Å². The van der Waals surface area contributed by atoms with E-state index in [2.05, 4.69) is 15.9 Å². The summed E-state index contributed by atoms with van der Waals surface area (Å²) in [6.07, 6.45) is 3.58. The smallest absolute Gasteiger partial charge is 0.123 e. The van der Waals surface area contributed by atoms with E-state index in [0.717, 1.165) is 5.33 Å². The number of phenols is 2. The minimum absolute atomic E-state index is 0.155. The van der Waals surface area contributed by atoms with Gasteiger partial charge in [0, 0.05) is 10.9 Å². The Morgan fingerprint density at radius 1 is 1.33 bits per heavy atom. The van der Waals surface area contributed by atoms with E-state index in [-0.39, 0.29) is 11.5 Å². The van der Waals surface area contributed by atoms with Crippen LogP contribution in [0.3, 0.4) is 0 Å². The predicted molar refractivity (Wildman–Crippen MR) is 52.6 cm³/mol. The van der Waals surface area contributed by atoms with E-state index in [1.165, 1.54) is 18.2 Å². The molecule has 0 unspecified atom stereocenters. The van der Waals surface area contributed by atoms with Gasteiger partial charge in [0.25, 0.3) is 0 Å². The van der Waals surface area contributed by atoms with Crippen molar-refractivity contribution in [2.75, 3.05) is 5.33 Å². The summed E-state index contributed by atoms with van der Waals surface area (Å²) in [5.41, 5.74) is 0.620. The van der Waals surface area contributed by atoms with Gasteiger partial charge in [-0.2, -0.15) is 0 Å². The third-order valence-electron chi connectivity index (χ3n) is 1.40. The van der Waals surface area contributed by atoms with Gasteiger partial charge in [-0.1, -0.05) is 28.1 Å². The van der Waals surface area contributed by atoms with E-state index in [9.17, 15) is 5.11 Å². The third kappa shape index (κ3) is 2.27. The number of allylic oxidation sites excluding steroid dienone is 1. The monoisotopic (exact) mass is 228 g/mol. The van der Waals surface area contributed by atoms with Crippen molar-refractivity contribution < 1.29 is 10.2 Å². The highest BCUT2D eigenvalue weighted by Gasteiger charge is 1.96. The zero-order valence-corrected chi connectivity index (χ0v) is 7.95. The largest absolute Gasteiger partial charge is 0.508 e. The normalized spacial score (nSPS) is 10.8. The molecule has 0 radical (unpaired) electrons. The Hall–Kier alpha value is -0.960. The van der Waals surface area contributed by atoms with Crippen LogP contribution in [0.25, 0.3) is 6.08 Å². The van der Waals surface area contributed by atoms with Crippen molar-refractivity contribution in [2.45, 2.75) is 0 Å². The van der Waals surface area contributed by atoms with Gasteiger partial charge in [0.2, 0.25) is 0 Å². The lowest BCUT2D eigenvalue weighted by Gasteiger charge is -1.98. The molecule has 0 spiro atoms. The molecule has 2 N–H and O–H groups in total. The van der Waals surface area contributed by atoms with Crippen LogP contribution in [0.15, 0.2) is 24.3 Å². The van der Waals surface area contributed by atoms with Crippen molar-refractivity contribution in [3.8, 4) is 11.5 Å². The maximum Gasteiger partial charge on any atom is 0.123 e. The van der Waals surface area contributed by atoms with Gasteiger partial charge in [0.05, 0.1) is 0 Å². The zero-order valence-electron chi connectivity index (χ0n) is 6.37. The molecule has 0 saturated heterocycles. The van der Waals surface area contributed by atoms with Crippen LogP contribution in [-0.2, 0) is 0 Å². The minimum atomic E-state index is 0.155. The van der Waals surface area contributed by atoms with Gasteiger partial charge < -0.3 is 10.2 Å². The lowest BCUT2D eigenvalue weighted by atomic mass is 10.2. The summed E-state index contributed by atoms with van der Waals surface area (Å²) in [6.45, 7) is 0. The summed E-state index contributed by atoms with van der Waals surface area (Å²) in [7, 11) is 0. The van der Waals surface area contributed by atoms with Crippen LogP contribution >= 0.6 is 15.9 Å². The number of benzene rings is 1. The lowest BCUT2D eigenvalue weighted by Crippen LogP contribution is -1.74. The third-order valence-corrected chi connectivity index (χ3v) is 1.77. The van der Waals surface area contributed by atoms with Gasteiger partial charge in [-0.25, -0.2) is 0 Å². The predicted octanol–water partition coefficient (Wildman–Crippen LogP) is 2.51. The van der Waals surface area contributed by atoms with Crippen molar-refractivity contribution in [3.63, 3.8) is 0 Å². The molecular weight excluding hydrogens is 220 g/mol. The molecule has 0 atom stereocenters. The molecule has 1 aromatic rings. The number of hydrogen-bond donors (Lipinski definition) is 2. The first-order chi connectivity index (χ1) is 5.74. The highest BCUT2D eigenvalue weighted by Crippen LogP contribution is 2.23. The molecule has 0 fully saturated rings. The molecule has 0 aromatic heterocycles. The fraction of sp³-hybridized carbons (Fsp3) is 0.111. The van der Waals surface area contributed by atoms with Gasteiger partial charge in [0.1, 0.15) is 11.5 Å². The molecule has 0 bridgehead atoms. The molecule has 1 rings (SSSR count). The zero-order chi connectivity index (χ0) is 8.97. The quantitative estimate of drug-likeness (QED) is 0.604. The van der Waals surface area contributed by atoms with Crippen molar-refractivity contribution in [1.82, 2.24) is 0 Å². The summed E-state index contributed by atoms with van der Waals surface area (Å²) in [4.78, 5) is 0. The second-order valence-corrected chi connectivity index (χ2v) is 2.95. The van der Waals surface area contributed by atoms with Crippen LogP contribution < -0.4 is 0 Å². The fourth-order valence-electron chi connectivity index (χ4n) is 0.847. The molecule has 0 aliphatic carbocycles. The standard InChI is InChI=1S/C9H9BrO2/c10-5-1-2-7-6-8(11)3-4-9(7)12/h1-4,6,11-12H,5H2. The van der Waals surface area contributed by atoms with Crippen molar-refractivity contribution in [2.24, 2.45) is 0 Å². The van der Waals surface area contributed by atoms with E-state index in [1.807, 2.05) is 6.08 Å². The Balaban J connectivity index is 2.97. The summed E-state index contributed by atoms with van der Waals surface area (Å²) < 4.78 is 0. The minimum Gasteiger partial charge on any atom is -0.508 e. The van der Waals surface area contributed by atoms with E-state index < -0.39 is 0 Å². The van der Waals surface area contributed by atoms with Crippen molar-refractivity contribution >= 4 is 22.0 Å². The number of aromatic hydroxyl groups is 2. The average Bonchev–Trinajstić information content (AvgIpc) is 2.07. The first-order valence-corrected chi connectivity index (χ1v) is 4.60. The fourth-order valence-corrected chi connectivity index (χ4v) is 1.03. The van der Waals surface area contributed by atoms with Gasteiger partial charge in [-0.3, -0.25) is 0 Å². The number of phenolic OH excluding ortho intramolecular Hbond substituents is 2. The topological polar surface area (TPSA) is 40.5 Å². The van der Waals surface area contributed by atoms with E-state index >= 15 is 0 Å². The molecule has 64 valence electrons. The average molecular weight is 229 g/mol. The molecule has 0 heterocycles. The first kappa shape index (κ1) is 9.13. The highest BCUT2D eigenvalue weighted by atomic mass is 79.9. The van der Waals surface area contributed by atoms with Crippen LogP contribution in [-0.4, -0.2) is 15.5 Å². The van der Waals surface area contributed by atoms with E-state index in [1.54, 1.807) is 6.08 Å². The molecule has 0 saturated carbocycles. The number of halogens is 1. The maximum absolute atomic E-state index is 9.28. The van der Waals surface area contributed by atoms with Crippen LogP contribution in [0, 0.1) is 0 Å². The number of alkyl halides is 1. The van der Waals surface area contributed by atoms with Gasteiger partial charge >= 0.3 is 0 Å². The Labute approximate surface area is 79.3 Å². The van der Waals surface area contributed by atoms with E-state index in [0.29, 0.717) is 5.56 Å². The van der Waals surface area contributed by atoms with Gasteiger partial charge in [0.15, 0.2) is 0 Å². The van der Waals surface area contributed by atoms with E-state index in [4.69, 9.17) is 5.11 Å². The Bertz CT molecular complexity index is 295. The Morgan fingerprint density at radius 2 is 2.08 bits per heavy atom. The van der Waals surface area contributed by atoms with Crippen LogP contribution in [0.5, 0.6) is 11.5 Å². The van der Waals surface area contributed by atoms with Crippen molar-refractivity contribution in [3.05, 3.63) is 29.8 Å². The molecule has 0 aliphatic rings. The summed E-state index contributed by atoms with van der Waals surface area (Å²) in [5.74, 6) is 0.326. The number of hydrogen-bond acceptors (Lipinski definition) is 2. The van der Waals surface area contributed by atoms with Crippen LogP contribution in [0.1, 0.15) is 5.56 Å². The Morgan fingerprint density at radius 3 is 2.75 bits per heavy atom. The van der Waals surface area contributed by atoms with Crippen LogP contribution in [0.2, 0.25) is 0 Å². The highest BCUT2D eigenvalue weighted by molar-refractivity contribution is 9.09. The summed E-state index contributed by atoms with van der Waals surface area (Å²) in [5, 5.41) is 19.1. The molecule has 2 nitrogen and oxygen atoms in total. The van der Waals surface area contributed by atoms with Crippen LogP contribution in [0.4, 0.5) is 0 Å². The second kappa shape index (κ2) is 4.16. The molecule has 0 amide bonds. The molecule has 1 aromatic carbocycles. The summed E-state index contributed by atoms with van der Waals surface area (Å²) in [6, 6.07) is 4.42. The molecule has 12 heavy (non-hydrogen) atoms. The molecule has 3 heteroatoms. The number of rotatable bonds is 2. The molecular formula is C9H9BrO2. The lowest BCUT2D eigenvalue weighted by molar-refractivity contribution is 0.459. The van der Waals surface area contributed by atoms with Gasteiger partial charge in [-0.15, -0.1) is 0 Å². The Kier molecular flexibility index (Phi) is 3.17. The molecule has 0 aliphatic heterocycles. The van der Waals surface area contributed by atoms with Gasteiger partial charge in [-0.05, 0) is 18.2 Å². The first-order valence-electron chi connectivity index (χ1n) is 3.48. The second-order valence-electron chi connectivity index (χ2n) is 2.30.